The van der Waals surface area contributed by atoms with Gasteiger partial charge in [-0.15, -0.1) is 0 Å². The predicted octanol–water partition coefficient (Wildman–Crippen LogP) is 2.82. The maximum absolute atomic E-state index is 13.1. The largest absolute Gasteiger partial charge is 0.497 e. The highest BCUT2D eigenvalue weighted by Gasteiger charge is 2.43. The fraction of sp³-hybridized carbons (Fsp3) is 0.278. The first-order chi connectivity index (χ1) is 10.8. The predicted molar refractivity (Wildman–Crippen MR) is 82.2 cm³/mol. The van der Waals surface area contributed by atoms with E-state index in [0.717, 1.165) is 11.3 Å². The minimum Gasteiger partial charge on any atom is -0.497 e. The van der Waals surface area contributed by atoms with Gasteiger partial charge in [0.2, 0.25) is 0 Å². The van der Waals surface area contributed by atoms with E-state index < -0.39 is 5.41 Å². The highest BCUT2D eigenvalue weighted by molar-refractivity contribution is 6.04. The summed E-state index contributed by atoms with van der Waals surface area (Å²) in [6.45, 7) is 0.869. The van der Waals surface area contributed by atoms with Crippen LogP contribution in [0.3, 0.4) is 0 Å². The third kappa shape index (κ3) is 2.63. The lowest BCUT2D eigenvalue weighted by molar-refractivity contribution is -0.127. The summed E-state index contributed by atoms with van der Waals surface area (Å²) in [5.41, 5.74) is 0.739. The molecule has 0 bridgehead atoms. The molecule has 0 amide bonds. The minimum atomic E-state index is -0.798. The summed E-state index contributed by atoms with van der Waals surface area (Å²) in [6.07, 6.45) is 0. The molecular weight excluding hydrogens is 280 g/mol. The van der Waals surface area contributed by atoms with Crippen molar-refractivity contribution in [3.8, 4) is 5.75 Å². The zero-order chi connectivity index (χ0) is 15.4. The lowest BCUT2D eigenvalue weighted by atomic mass is 9.75. The highest BCUT2D eigenvalue weighted by atomic mass is 16.7. The number of methoxy groups -OCH3 is 1. The minimum absolute atomic E-state index is 0.000975. The summed E-state index contributed by atoms with van der Waals surface area (Å²) >= 11 is 0. The van der Waals surface area contributed by atoms with Gasteiger partial charge in [0.1, 0.15) is 18.0 Å². The van der Waals surface area contributed by atoms with Gasteiger partial charge in [0.25, 0.3) is 0 Å². The van der Waals surface area contributed by atoms with Gasteiger partial charge in [0.15, 0.2) is 5.78 Å². The molecule has 22 heavy (non-hydrogen) atoms. The molecule has 0 N–H and O–H groups in total. The lowest BCUT2D eigenvalue weighted by Gasteiger charge is -2.35. The van der Waals surface area contributed by atoms with E-state index >= 15 is 0 Å². The van der Waals surface area contributed by atoms with Crippen molar-refractivity contribution in [3.63, 3.8) is 0 Å². The number of carbonyl (C=O) groups is 1. The van der Waals surface area contributed by atoms with Gasteiger partial charge in [-0.25, -0.2) is 0 Å². The quantitative estimate of drug-likeness (QED) is 0.814. The van der Waals surface area contributed by atoms with Crippen molar-refractivity contribution in [2.24, 2.45) is 0 Å². The number of benzene rings is 2. The number of ketones is 1. The molecule has 2 aromatic rings. The van der Waals surface area contributed by atoms with Crippen LogP contribution < -0.4 is 4.74 Å². The third-order valence-corrected chi connectivity index (χ3v) is 3.98. The van der Waals surface area contributed by atoms with E-state index in [0.29, 0.717) is 18.8 Å². The fourth-order valence-electron chi connectivity index (χ4n) is 2.74. The zero-order valence-electron chi connectivity index (χ0n) is 12.5. The summed E-state index contributed by atoms with van der Waals surface area (Å²) in [6, 6.07) is 16.8. The Bertz CT molecular complexity index is 628. The molecule has 1 aliphatic heterocycles. The molecule has 4 nitrogen and oxygen atoms in total. The molecule has 0 spiro atoms. The van der Waals surface area contributed by atoms with Gasteiger partial charge < -0.3 is 14.2 Å². The first-order valence-electron chi connectivity index (χ1n) is 7.16. The van der Waals surface area contributed by atoms with Crippen molar-refractivity contribution in [2.45, 2.75) is 5.41 Å². The maximum Gasteiger partial charge on any atom is 0.178 e. The molecule has 0 aliphatic carbocycles. The van der Waals surface area contributed by atoms with Crippen LogP contribution in [-0.4, -0.2) is 32.9 Å². The van der Waals surface area contributed by atoms with E-state index in [9.17, 15) is 4.79 Å². The number of hydrogen-bond acceptors (Lipinski definition) is 4. The SMILES string of the molecule is COc1ccc(C(=O)C2(c3ccccc3)COCOC2)cc1. The van der Waals surface area contributed by atoms with Crippen LogP contribution in [0.4, 0.5) is 0 Å². The van der Waals surface area contributed by atoms with Gasteiger partial charge in [-0.1, -0.05) is 30.3 Å². The van der Waals surface area contributed by atoms with Gasteiger partial charge in [-0.2, -0.15) is 0 Å². The number of hydrogen-bond donors (Lipinski definition) is 0. The average Bonchev–Trinajstić information content (AvgIpc) is 2.62. The standard InChI is InChI=1S/C18H18O4/c1-20-16-9-7-14(8-10-16)17(19)18(11-21-13-22-12-18)15-5-3-2-4-6-15/h2-10H,11-13H2,1H3. The van der Waals surface area contributed by atoms with Crippen molar-refractivity contribution in [1.29, 1.82) is 0 Å². The van der Waals surface area contributed by atoms with Crippen molar-refractivity contribution < 1.29 is 19.0 Å². The fourth-order valence-corrected chi connectivity index (χ4v) is 2.74. The second-order valence-corrected chi connectivity index (χ2v) is 5.32. The number of ether oxygens (including phenoxy) is 3. The van der Waals surface area contributed by atoms with E-state index in [2.05, 4.69) is 0 Å². The Balaban J connectivity index is 2.00. The topological polar surface area (TPSA) is 44.8 Å². The molecular formula is C18H18O4. The van der Waals surface area contributed by atoms with Crippen molar-refractivity contribution in [1.82, 2.24) is 0 Å². The van der Waals surface area contributed by atoms with Crippen LogP contribution in [0.25, 0.3) is 0 Å². The molecule has 1 aliphatic rings. The van der Waals surface area contributed by atoms with Gasteiger partial charge in [-0.3, -0.25) is 4.79 Å². The Morgan fingerprint density at radius 2 is 1.64 bits per heavy atom. The van der Waals surface area contributed by atoms with Crippen LogP contribution >= 0.6 is 0 Å². The Morgan fingerprint density at radius 3 is 2.23 bits per heavy atom. The van der Waals surface area contributed by atoms with Crippen molar-refractivity contribution >= 4 is 5.78 Å². The molecule has 2 aromatic carbocycles. The van der Waals surface area contributed by atoms with Crippen molar-refractivity contribution in [2.75, 3.05) is 27.1 Å². The first-order valence-corrected chi connectivity index (χ1v) is 7.16. The lowest BCUT2D eigenvalue weighted by Crippen LogP contribution is -2.48. The molecule has 0 radical (unpaired) electrons. The van der Waals surface area contributed by atoms with Crippen LogP contribution in [-0.2, 0) is 14.9 Å². The van der Waals surface area contributed by atoms with Crippen LogP contribution in [0.2, 0.25) is 0 Å². The van der Waals surface area contributed by atoms with Crippen LogP contribution in [0.5, 0.6) is 5.75 Å². The third-order valence-electron chi connectivity index (χ3n) is 3.98. The zero-order valence-corrected chi connectivity index (χ0v) is 12.5. The number of rotatable bonds is 4. The molecule has 4 heteroatoms. The van der Waals surface area contributed by atoms with Gasteiger partial charge in [0, 0.05) is 5.56 Å². The van der Waals surface area contributed by atoms with E-state index in [1.165, 1.54) is 0 Å². The normalized spacial score (nSPS) is 17.0. The summed E-state index contributed by atoms with van der Waals surface area (Å²) in [5.74, 6) is 0.725. The molecule has 1 heterocycles. The number of carbonyl (C=O) groups excluding carboxylic acids is 1. The Labute approximate surface area is 129 Å². The average molecular weight is 298 g/mol. The summed E-state index contributed by atoms with van der Waals surface area (Å²) in [7, 11) is 1.60. The second kappa shape index (κ2) is 6.30. The maximum atomic E-state index is 13.1. The van der Waals surface area contributed by atoms with E-state index in [4.69, 9.17) is 14.2 Å². The molecule has 114 valence electrons. The first kappa shape index (κ1) is 14.8. The molecule has 1 fully saturated rings. The summed E-state index contributed by atoms with van der Waals surface area (Å²) in [5, 5.41) is 0. The highest BCUT2D eigenvalue weighted by Crippen LogP contribution is 2.32. The smallest absolute Gasteiger partial charge is 0.178 e. The molecule has 0 unspecified atom stereocenters. The van der Waals surface area contributed by atoms with E-state index in [-0.39, 0.29) is 12.6 Å². The summed E-state index contributed by atoms with van der Waals surface area (Å²) < 4.78 is 16.1. The van der Waals surface area contributed by atoms with E-state index in [1.807, 2.05) is 30.3 Å². The van der Waals surface area contributed by atoms with Crippen LogP contribution in [0.15, 0.2) is 54.6 Å². The molecule has 3 rings (SSSR count). The second-order valence-electron chi connectivity index (χ2n) is 5.32. The molecule has 0 atom stereocenters. The van der Waals surface area contributed by atoms with Crippen LogP contribution in [0, 0.1) is 0 Å². The molecule has 0 aromatic heterocycles. The Kier molecular flexibility index (Phi) is 4.22. The van der Waals surface area contributed by atoms with Crippen molar-refractivity contribution in [3.05, 3.63) is 65.7 Å². The van der Waals surface area contributed by atoms with Gasteiger partial charge in [-0.05, 0) is 29.8 Å². The number of Topliss-reactive ketones (excluding diaryl/α,β-unsaturated/α-hetero) is 1. The Hall–Kier alpha value is -2.17. The van der Waals surface area contributed by atoms with Crippen LogP contribution in [0.1, 0.15) is 15.9 Å². The van der Waals surface area contributed by atoms with Gasteiger partial charge >= 0.3 is 0 Å². The molecule has 0 saturated carbocycles. The monoisotopic (exact) mass is 298 g/mol. The van der Waals surface area contributed by atoms with Gasteiger partial charge in [0.05, 0.1) is 20.3 Å². The Morgan fingerprint density at radius 1 is 1.00 bits per heavy atom. The van der Waals surface area contributed by atoms with E-state index in [1.54, 1.807) is 31.4 Å². The molecule has 1 saturated heterocycles. The summed E-state index contributed by atoms with van der Waals surface area (Å²) in [4.78, 5) is 13.1.